The van der Waals surface area contributed by atoms with Gasteiger partial charge in [0.25, 0.3) is 0 Å². The third-order valence-electron chi connectivity index (χ3n) is 3.20. The van der Waals surface area contributed by atoms with Crippen molar-refractivity contribution in [2.75, 3.05) is 0 Å². The maximum Gasteiger partial charge on any atom is 0.350 e. The molecule has 19 heavy (non-hydrogen) atoms. The Balaban J connectivity index is 1.69. The van der Waals surface area contributed by atoms with E-state index in [0.29, 0.717) is 17.5 Å². The zero-order valence-electron chi connectivity index (χ0n) is 10.1. The Morgan fingerprint density at radius 1 is 1.37 bits per heavy atom. The lowest BCUT2D eigenvalue weighted by molar-refractivity contribution is 0.359. The molecule has 0 N–H and O–H groups in total. The molecule has 1 fully saturated rings. The van der Waals surface area contributed by atoms with Gasteiger partial charge in [-0.3, -0.25) is 4.40 Å². The van der Waals surface area contributed by atoms with Crippen molar-refractivity contribution in [2.24, 2.45) is 0 Å². The van der Waals surface area contributed by atoms with Gasteiger partial charge in [-0.25, -0.2) is 9.48 Å². The molecule has 0 aliphatic heterocycles. The number of nitrogens with zero attached hydrogens (tertiary/aromatic N) is 5. The Kier molecular flexibility index (Phi) is 2.08. The van der Waals surface area contributed by atoms with E-state index in [-0.39, 0.29) is 12.2 Å². The summed E-state index contributed by atoms with van der Waals surface area (Å²) in [5.41, 5.74) is 0.399. The van der Waals surface area contributed by atoms with Crippen LogP contribution in [0, 0.1) is 0 Å². The van der Waals surface area contributed by atoms with Crippen LogP contribution >= 0.6 is 0 Å². The Bertz CT molecular complexity index is 796. The standard InChI is InChI=1S/C12H11N5O2/c18-12-16-6-2-1-3-9(16)14-17(12)7-10-13-11(15-19-10)8-4-5-8/h1-3,6,8H,4-5,7H2. The van der Waals surface area contributed by atoms with Crippen LogP contribution in [0.25, 0.3) is 5.65 Å². The molecule has 0 unspecified atom stereocenters. The predicted octanol–water partition coefficient (Wildman–Crippen LogP) is 0.805. The molecule has 0 radical (unpaired) electrons. The fraction of sp³-hybridized carbons (Fsp3) is 0.333. The summed E-state index contributed by atoms with van der Waals surface area (Å²) < 4.78 is 7.97. The molecule has 3 aromatic heterocycles. The molecule has 0 amide bonds. The minimum absolute atomic E-state index is 0.207. The third kappa shape index (κ3) is 1.74. The zero-order chi connectivity index (χ0) is 12.8. The number of pyridine rings is 1. The number of hydrogen-bond acceptors (Lipinski definition) is 5. The van der Waals surface area contributed by atoms with Gasteiger partial charge in [-0.2, -0.15) is 4.98 Å². The van der Waals surface area contributed by atoms with Gasteiger partial charge in [-0.05, 0) is 25.0 Å². The van der Waals surface area contributed by atoms with E-state index in [1.807, 2.05) is 6.07 Å². The average molecular weight is 257 g/mol. The fourth-order valence-corrected chi connectivity index (χ4v) is 2.04. The first kappa shape index (κ1) is 10.5. The summed E-state index contributed by atoms with van der Waals surface area (Å²) in [5, 5.41) is 8.14. The predicted molar refractivity (Wildman–Crippen MR) is 64.8 cm³/mol. The van der Waals surface area contributed by atoms with Gasteiger partial charge < -0.3 is 4.52 Å². The zero-order valence-corrected chi connectivity index (χ0v) is 10.1. The average Bonchev–Trinajstić information content (AvgIpc) is 3.10. The smallest absolute Gasteiger partial charge is 0.337 e. The van der Waals surface area contributed by atoms with Gasteiger partial charge in [0.1, 0.15) is 6.54 Å². The monoisotopic (exact) mass is 257 g/mol. The first-order chi connectivity index (χ1) is 9.31. The van der Waals surface area contributed by atoms with Crippen LogP contribution in [0.15, 0.2) is 33.7 Å². The van der Waals surface area contributed by atoms with E-state index in [4.69, 9.17) is 4.52 Å². The van der Waals surface area contributed by atoms with E-state index in [9.17, 15) is 4.79 Å². The molecule has 0 saturated heterocycles. The molecule has 7 heteroatoms. The molecule has 0 spiro atoms. The van der Waals surface area contributed by atoms with Crippen molar-refractivity contribution < 1.29 is 4.52 Å². The summed E-state index contributed by atoms with van der Waals surface area (Å²) in [4.78, 5) is 16.4. The van der Waals surface area contributed by atoms with Gasteiger partial charge >= 0.3 is 5.69 Å². The molecule has 3 aromatic rings. The Morgan fingerprint density at radius 3 is 3.05 bits per heavy atom. The van der Waals surface area contributed by atoms with Crippen LogP contribution in [-0.2, 0) is 6.54 Å². The summed E-state index contributed by atoms with van der Waals surface area (Å²) in [6.07, 6.45) is 3.92. The lowest BCUT2D eigenvalue weighted by Crippen LogP contribution is -2.21. The van der Waals surface area contributed by atoms with Crippen LogP contribution in [0.3, 0.4) is 0 Å². The normalized spacial score (nSPS) is 15.2. The van der Waals surface area contributed by atoms with Crippen LogP contribution in [0.2, 0.25) is 0 Å². The van der Waals surface area contributed by atoms with E-state index in [1.54, 1.807) is 18.3 Å². The molecule has 3 heterocycles. The first-order valence-corrected chi connectivity index (χ1v) is 6.18. The summed E-state index contributed by atoms with van der Waals surface area (Å²) in [6, 6.07) is 5.41. The quantitative estimate of drug-likeness (QED) is 0.693. The SMILES string of the molecule is O=c1n(Cc2nc(C3CC3)no2)nc2ccccn12. The second-order valence-electron chi connectivity index (χ2n) is 4.69. The Labute approximate surface area is 107 Å². The molecular weight excluding hydrogens is 246 g/mol. The molecule has 0 aromatic carbocycles. The van der Waals surface area contributed by atoms with E-state index in [0.717, 1.165) is 18.7 Å². The van der Waals surface area contributed by atoms with Crippen molar-refractivity contribution in [3.05, 3.63) is 46.6 Å². The molecule has 4 rings (SSSR count). The number of aromatic nitrogens is 5. The second-order valence-corrected chi connectivity index (χ2v) is 4.69. The highest BCUT2D eigenvalue weighted by atomic mass is 16.5. The van der Waals surface area contributed by atoms with Crippen molar-refractivity contribution in [2.45, 2.75) is 25.3 Å². The van der Waals surface area contributed by atoms with Crippen LogP contribution in [0.1, 0.15) is 30.5 Å². The van der Waals surface area contributed by atoms with Gasteiger partial charge in [0.05, 0.1) is 0 Å². The van der Waals surface area contributed by atoms with E-state index in [1.165, 1.54) is 9.08 Å². The third-order valence-corrected chi connectivity index (χ3v) is 3.20. The minimum atomic E-state index is -0.207. The van der Waals surface area contributed by atoms with Gasteiger partial charge in [0.15, 0.2) is 11.5 Å². The molecule has 0 bridgehead atoms. The van der Waals surface area contributed by atoms with Crippen molar-refractivity contribution in [1.82, 2.24) is 24.3 Å². The molecular formula is C12H11N5O2. The van der Waals surface area contributed by atoms with Crippen LogP contribution < -0.4 is 5.69 Å². The summed E-state index contributed by atoms with van der Waals surface area (Å²) in [5.74, 6) is 1.61. The topological polar surface area (TPSA) is 78.2 Å². The van der Waals surface area contributed by atoms with Gasteiger partial charge in [0.2, 0.25) is 5.89 Å². The molecule has 1 aliphatic rings. The van der Waals surface area contributed by atoms with Gasteiger partial charge in [-0.15, -0.1) is 5.10 Å². The Morgan fingerprint density at radius 2 is 2.26 bits per heavy atom. The fourth-order valence-electron chi connectivity index (χ4n) is 2.04. The number of fused-ring (bicyclic) bond motifs is 1. The largest absolute Gasteiger partial charge is 0.350 e. The minimum Gasteiger partial charge on any atom is -0.337 e. The maximum atomic E-state index is 12.1. The second kappa shape index (κ2) is 3.78. The first-order valence-electron chi connectivity index (χ1n) is 6.18. The number of rotatable bonds is 3. The van der Waals surface area contributed by atoms with Crippen LogP contribution in [0.4, 0.5) is 0 Å². The molecule has 0 atom stereocenters. The van der Waals surface area contributed by atoms with Gasteiger partial charge in [0, 0.05) is 12.1 Å². The summed E-state index contributed by atoms with van der Waals surface area (Å²) in [7, 11) is 0. The maximum absolute atomic E-state index is 12.1. The summed E-state index contributed by atoms with van der Waals surface area (Å²) >= 11 is 0. The number of hydrogen-bond donors (Lipinski definition) is 0. The van der Waals surface area contributed by atoms with Crippen LogP contribution in [0.5, 0.6) is 0 Å². The van der Waals surface area contributed by atoms with E-state index < -0.39 is 0 Å². The molecule has 1 saturated carbocycles. The highest BCUT2D eigenvalue weighted by Crippen LogP contribution is 2.38. The molecule has 7 nitrogen and oxygen atoms in total. The summed E-state index contributed by atoms with van der Waals surface area (Å²) in [6.45, 7) is 0.209. The van der Waals surface area contributed by atoms with E-state index in [2.05, 4.69) is 15.2 Å². The highest BCUT2D eigenvalue weighted by Gasteiger charge is 2.28. The Hall–Kier alpha value is -2.44. The lowest BCUT2D eigenvalue weighted by atomic mass is 10.4. The van der Waals surface area contributed by atoms with Crippen molar-refractivity contribution in [3.63, 3.8) is 0 Å². The van der Waals surface area contributed by atoms with Crippen LogP contribution in [-0.4, -0.2) is 24.3 Å². The lowest BCUT2D eigenvalue weighted by Gasteiger charge is -1.91. The highest BCUT2D eigenvalue weighted by molar-refractivity contribution is 5.35. The van der Waals surface area contributed by atoms with E-state index >= 15 is 0 Å². The van der Waals surface area contributed by atoms with Crippen molar-refractivity contribution in [1.29, 1.82) is 0 Å². The van der Waals surface area contributed by atoms with Gasteiger partial charge in [-0.1, -0.05) is 11.2 Å². The van der Waals surface area contributed by atoms with Crippen molar-refractivity contribution >= 4 is 5.65 Å². The van der Waals surface area contributed by atoms with Crippen molar-refractivity contribution in [3.8, 4) is 0 Å². The molecule has 96 valence electrons. The molecule has 1 aliphatic carbocycles.